The van der Waals surface area contributed by atoms with Crippen molar-refractivity contribution in [2.75, 3.05) is 18.0 Å². The molecule has 3 rings (SSSR count). The number of rotatable bonds is 2. The molecule has 1 fully saturated rings. The number of nitrogens with one attached hydrogen (secondary N) is 1. The molecule has 2 aromatic heterocycles. The van der Waals surface area contributed by atoms with Gasteiger partial charge in [0.25, 0.3) is 0 Å². The maximum Gasteiger partial charge on any atom is 0.225 e. The number of anilines is 1. The van der Waals surface area contributed by atoms with Crippen LogP contribution in [0.3, 0.4) is 0 Å². The summed E-state index contributed by atoms with van der Waals surface area (Å²) in [5.41, 5.74) is -0.337. The molecule has 0 aromatic carbocycles. The molecule has 1 saturated heterocycles. The predicted octanol–water partition coefficient (Wildman–Crippen LogP) is 2.04. The molecule has 1 aliphatic heterocycles. The van der Waals surface area contributed by atoms with Crippen molar-refractivity contribution in [3.63, 3.8) is 0 Å². The van der Waals surface area contributed by atoms with Crippen LogP contribution in [0.4, 0.5) is 5.82 Å². The highest BCUT2D eigenvalue weighted by Crippen LogP contribution is 2.29. The first-order valence-corrected chi connectivity index (χ1v) is 7.57. The van der Waals surface area contributed by atoms with Crippen molar-refractivity contribution in [3.8, 4) is 0 Å². The molecule has 5 nitrogen and oxygen atoms in total. The fraction of sp³-hybridized carbons (Fsp3) is 0.500. The molecule has 0 unspecified atom stereocenters. The van der Waals surface area contributed by atoms with Gasteiger partial charge in [0.2, 0.25) is 5.91 Å². The molecule has 1 aliphatic rings. The van der Waals surface area contributed by atoms with Gasteiger partial charge in [0.1, 0.15) is 17.0 Å². The summed E-state index contributed by atoms with van der Waals surface area (Å²) in [6, 6.07) is 2.27. The molecular formula is C14H18N4OS. The summed E-state index contributed by atoms with van der Waals surface area (Å²) in [4.78, 5) is 23.8. The molecule has 1 N–H and O–H groups in total. The molecule has 106 valence electrons. The highest BCUT2D eigenvalue weighted by molar-refractivity contribution is 7.16. The number of thiophene rings is 1. The van der Waals surface area contributed by atoms with Crippen LogP contribution in [0.25, 0.3) is 10.2 Å². The van der Waals surface area contributed by atoms with Crippen molar-refractivity contribution in [2.45, 2.75) is 26.8 Å². The van der Waals surface area contributed by atoms with Crippen LogP contribution in [0, 0.1) is 5.41 Å². The monoisotopic (exact) mass is 290 g/mol. The van der Waals surface area contributed by atoms with Gasteiger partial charge in [-0.05, 0) is 11.4 Å². The number of amides is 1. The fourth-order valence-corrected chi connectivity index (χ4v) is 2.90. The third-order valence-corrected chi connectivity index (χ3v) is 4.26. The van der Waals surface area contributed by atoms with Crippen molar-refractivity contribution in [3.05, 3.63) is 17.8 Å². The Morgan fingerprint density at radius 2 is 2.15 bits per heavy atom. The van der Waals surface area contributed by atoms with E-state index in [0.717, 1.165) is 29.1 Å². The Bertz CT molecular complexity index is 640. The van der Waals surface area contributed by atoms with Crippen molar-refractivity contribution >= 4 is 33.3 Å². The maximum absolute atomic E-state index is 11.9. The topological polar surface area (TPSA) is 58.1 Å². The third-order valence-electron chi connectivity index (χ3n) is 3.44. The highest BCUT2D eigenvalue weighted by atomic mass is 32.1. The number of carbonyl (C=O) groups excluding carboxylic acids is 1. The smallest absolute Gasteiger partial charge is 0.225 e. The average molecular weight is 290 g/mol. The molecule has 0 bridgehead atoms. The van der Waals surface area contributed by atoms with Gasteiger partial charge >= 0.3 is 0 Å². The van der Waals surface area contributed by atoms with Crippen LogP contribution >= 0.6 is 11.3 Å². The lowest BCUT2D eigenvalue weighted by atomic mass is 9.94. The minimum absolute atomic E-state index is 0.102. The van der Waals surface area contributed by atoms with E-state index in [-0.39, 0.29) is 17.4 Å². The van der Waals surface area contributed by atoms with E-state index in [4.69, 9.17) is 0 Å². The zero-order chi connectivity index (χ0) is 14.3. The zero-order valence-corrected chi connectivity index (χ0v) is 12.7. The van der Waals surface area contributed by atoms with Gasteiger partial charge in [-0.25, -0.2) is 9.97 Å². The van der Waals surface area contributed by atoms with E-state index in [1.807, 2.05) is 26.2 Å². The first kappa shape index (κ1) is 13.3. The summed E-state index contributed by atoms with van der Waals surface area (Å²) in [6.45, 7) is 7.40. The molecule has 0 saturated carbocycles. The molecule has 1 amide bonds. The maximum atomic E-state index is 11.9. The molecule has 20 heavy (non-hydrogen) atoms. The van der Waals surface area contributed by atoms with E-state index in [1.54, 1.807) is 17.7 Å². The van der Waals surface area contributed by atoms with Gasteiger partial charge in [0, 0.05) is 18.5 Å². The summed E-state index contributed by atoms with van der Waals surface area (Å²) in [7, 11) is 0. The number of hydrogen-bond donors (Lipinski definition) is 1. The fourth-order valence-electron chi connectivity index (χ4n) is 2.17. The third kappa shape index (κ3) is 2.35. The second-order valence-electron chi connectivity index (χ2n) is 6.16. The molecule has 3 heterocycles. The van der Waals surface area contributed by atoms with Gasteiger partial charge < -0.3 is 10.2 Å². The Balaban J connectivity index is 1.66. The van der Waals surface area contributed by atoms with Crippen molar-refractivity contribution in [1.29, 1.82) is 0 Å². The standard InChI is InChI=1S/C14H18N4OS/c1-14(2,3)13(19)17-9-6-18(7-9)11-10-4-5-20-12(10)16-8-15-11/h4-5,8-9H,6-7H2,1-3H3,(H,17,19). The van der Waals surface area contributed by atoms with E-state index in [9.17, 15) is 4.79 Å². The molecule has 2 aromatic rings. The Morgan fingerprint density at radius 1 is 1.40 bits per heavy atom. The Kier molecular flexibility index (Phi) is 3.12. The summed E-state index contributed by atoms with van der Waals surface area (Å²) >= 11 is 1.62. The lowest BCUT2D eigenvalue weighted by Gasteiger charge is -2.41. The van der Waals surface area contributed by atoms with Crippen molar-refractivity contribution in [1.82, 2.24) is 15.3 Å². The Hall–Kier alpha value is -1.69. The van der Waals surface area contributed by atoms with Gasteiger partial charge in [-0.15, -0.1) is 11.3 Å². The van der Waals surface area contributed by atoms with Crippen LogP contribution in [0.5, 0.6) is 0 Å². The summed E-state index contributed by atoms with van der Waals surface area (Å²) in [5, 5.41) is 6.20. The first-order valence-electron chi connectivity index (χ1n) is 6.69. The lowest BCUT2D eigenvalue weighted by molar-refractivity contribution is -0.129. The highest BCUT2D eigenvalue weighted by Gasteiger charge is 2.32. The van der Waals surface area contributed by atoms with Gasteiger partial charge in [-0.2, -0.15) is 0 Å². The van der Waals surface area contributed by atoms with Gasteiger partial charge in [0.15, 0.2) is 0 Å². The van der Waals surface area contributed by atoms with Gasteiger partial charge in [-0.3, -0.25) is 4.79 Å². The normalized spacial score (nSPS) is 16.2. The molecular weight excluding hydrogens is 272 g/mol. The van der Waals surface area contributed by atoms with Crippen molar-refractivity contribution in [2.24, 2.45) is 5.41 Å². The van der Waals surface area contributed by atoms with Gasteiger partial charge in [0.05, 0.1) is 11.4 Å². The quantitative estimate of drug-likeness (QED) is 0.919. The number of carbonyl (C=O) groups is 1. The van der Waals surface area contributed by atoms with Crippen molar-refractivity contribution < 1.29 is 4.79 Å². The number of nitrogens with zero attached hydrogens (tertiary/aromatic N) is 3. The molecule has 6 heteroatoms. The molecule has 0 atom stereocenters. The van der Waals surface area contributed by atoms with E-state index in [2.05, 4.69) is 26.3 Å². The van der Waals surface area contributed by atoms with Crippen LogP contribution in [0.15, 0.2) is 17.8 Å². The van der Waals surface area contributed by atoms with E-state index < -0.39 is 0 Å². The second kappa shape index (κ2) is 4.70. The Labute approximate surface area is 122 Å². The second-order valence-corrected chi connectivity index (χ2v) is 7.06. The summed E-state index contributed by atoms with van der Waals surface area (Å²) in [6.07, 6.45) is 1.61. The minimum Gasteiger partial charge on any atom is -0.352 e. The summed E-state index contributed by atoms with van der Waals surface area (Å²) < 4.78 is 0. The largest absolute Gasteiger partial charge is 0.352 e. The number of aromatic nitrogens is 2. The Morgan fingerprint density at radius 3 is 2.85 bits per heavy atom. The zero-order valence-electron chi connectivity index (χ0n) is 11.9. The van der Waals surface area contributed by atoms with E-state index >= 15 is 0 Å². The average Bonchev–Trinajstić information content (AvgIpc) is 2.79. The molecule has 0 aliphatic carbocycles. The van der Waals surface area contributed by atoms with E-state index in [0.29, 0.717) is 0 Å². The van der Waals surface area contributed by atoms with Crippen LogP contribution in [-0.2, 0) is 4.79 Å². The number of fused-ring (bicyclic) bond motifs is 1. The lowest BCUT2D eigenvalue weighted by Crippen LogP contribution is -2.61. The summed E-state index contributed by atoms with van der Waals surface area (Å²) in [5.74, 6) is 1.07. The van der Waals surface area contributed by atoms with Crippen LogP contribution in [-0.4, -0.2) is 35.0 Å². The van der Waals surface area contributed by atoms with Gasteiger partial charge in [-0.1, -0.05) is 20.8 Å². The van der Waals surface area contributed by atoms with E-state index in [1.165, 1.54) is 0 Å². The molecule has 0 spiro atoms. The number of hydrogen-bond acceptors (Lipinski definition) is 5. The SMILES string of the molecule is CC(C)(C)C(=O)NC1CN(c2ncnc3sccc23)C1. The van der Waals surface area contributed by atoms with Crippen LogP contribution in [0.2, 0.25) is 0 Å². The predicted molar refractivity (Wildman–Crippen MR) is 81.0 cm³/mol. The van der Waals surface area contributed by atoms with Crippen LogP contribution in [0.1, 0.15) is 20.8 Å². The molecule has 0 radical (unpaired) electrons. The van der Waals surface area contributed by atoms with Crippen LogP contribution < -0.4 is 10.2 Å². The minimum atomic E-state index is -0.337. The first-order chi connectivity index (χ1) is 9.45.